The smallest absolute Gasteiger partial charge is 0.216 e. The Morgan fingerprint density at radius 3 is 2.71 bits per heavy atom. The minimum atomic E-state index is 0.642. The van der Waals surface area contributed by atoms with Crippen LogP contribution < -0.4 is 5.32 Å². The van der Waals surface area contributed by atoms with Crippen LogP contribution in [0.1, 0.15) is 12.5 Å². The van der Waals surface area contributed by atoms with Gasteiger partial charge in [-0.1, -0.05) is 6.92 Å². The van der Waals surface area contributed by atoms with Crippen molar-refractivity contribution in [2.45, 2.75) is 23.8 Å². The fourth-order valence-corrected chi connectivity index (χ4v) is 1.77. The van der Waals surface area contributed by atoms with Gasteiger partial charge in [-0.05, 0) is 28.7 Å². The summed E-state index contributed by atoms with van der Waals surface area (Å²) in [6, 6.07) is 0. The summed E-state index contributed by atoms with van der Waals surface area (Å²) < 4.78 is 1.58. The number of nitrogens with zero attached hydrogens (tertiary/aromatic N) is 6. The molecule has 2 aromatic rings. The molecule has 0 spiro atoms. The highest BCUT2D eigenvalue weighted by atomic mass is 32.2. The van der Waals surface area contributed by atoms with Crippen molar-refractivity contribution >= 4 is 11.8 Å². The molecule has 0 saturated heterocycles. The number of hydrogen-bond acceptors (Lipinski definition) is 7. The summed E-state index contributed by atoms with van der Waals surface area (Å²) in [6.45, 7) is 3.78. The van der Waals surface area contributed by atoms with E-state index in [-0.39, 0.29) is 0 Å². The Morgan fingerprint density at radius 2 is 2.12 bits per heavy atom. The summed E-state index contributed by atoms with van der Waals surface area (Å²) in [5.74, 6) is 0. The second kappa shape index (κ2) is 5.69. The van der Waals surface area contributed by atoms with Gasteiger partial charge in [-0.25, -0.2) is 14.6 Å². The maximum Gasteiger partial charge on any atom is 0.216 e. The molecule has 0 amide bonds. The van der Waals surface area contributed by atoms with Crippen molar-refractivity contribution in [2.75, 3.05) is 6.54 Å². The van der Waals surface area contributed by atoms with Gasteiger partial charge in [0.25, 0.3) is 0 Å². The molecule has 0 bridgehead atoms. The van der Waals surface area contributed by atoms with E-state index in [1.54, 1.807) is 11.7 Å². The first kappa shape index (κ1) is 11.9. The monoisotopic (exact) mass is 251 g/mol. The third kappa shape index (κ3) is 3.21. The number of tetrazole rings is 1. The molecule has 7 nitrogen and oxygen atoms in total. The second-order valence-electron chi connectivity index (χ2n) is 3.34. The van der Waals surface area contributed by atoms with Gasteiger partial charge in [0.05, 0.1) is 0 Å². The molecule has 0 saturated carbocycles. The van der Waals surface area contributed by atoms with Crippen molar-refractivity contribution in [3.05, 3.63) is 18.0 Å². The van der Waals surface area contributed by atoms with E-state index in [2.05, 4.69) is 37.7 Å². The SMILES string of the molecule is CCNCc1cnc(Sc2nnnn2C)nc1. The first-order valence-electron chi connectivity index (χ1n) is 5.21. The number of aromatic nitrogens is 6. The van der Waals surface area contributed by atoms with E-state index in [0.29, 0.717) is 10.3 Å². The summed E-state index contributed by atoms with van der Waals surface area (Å²) in [6.07, 6.45) is 3.61. The molecule has 90 valence electrons. The van der Waals surface area contributed by atoms with Gasteiger partial charge in [0, 0.05) is 31.5 Å². The summed E-state index contributed by atoms with van der Waals surface area (Å²) in [7, 11) is 1.78. The van der Waals surface area contributed by atoms with Gasteiger partial charge in [-0.15, -0.1) is 5.10 Å². The van der Waals surface area contributed by atoms with Crippen LogP contribution in [0.3, 0.4) is 0 Å². The van der Waals surface area contributed by atoms with Gasteiger partial charge < -0.3 is 5.32 Å². The van der Waals surface area contributed by atoms with Crippen molar-refractivity contribution in [1.82, 2.24) is 35.5 Å². The molecule has 0 fully saturated rings. The lowest BCUT2D eigenvalue weighted by atomic mass is 10.3. The standard InChI is InChI=1S/C9H13N7S/c1-3-10-4-7-5-11-8(12-6-7)17-9-13-14-15-16(9)2/h5-6,10H,3-4H2,1-2H3. The Morgan fingerprint density at radius 1 is 1.35 bits per heavy atom. The molecule has 2 aromatic heterocycles. The van der Waals surface area contributed by atoms with Crippen molar-refractivity contribution in [2.24, 2.45) is 7.05 Å². The Hall–Kier alpha value is -1.54. The van der Waals surface area contributed by atoms with E-state index < -0.39 is 0 Å². The fraction of sp³-hybridized carbons (Fsp3) is 0.444. The molecule has 0 aromatic carbocycles. The maximum atomic E-state index is 4.25. The lowest BCUT2D eigenvalue weighted by Crippen LogP contribution is -2.12. The van der Waals surface area contributed by atoms with Crippen LogP contribution >= 0.6 is 11.8 Å². The molecule has 0 unspecified atom stereocenters. The molecule has 0 aliphatic rings. The molecule has 2 heterocycles. The highest BCUT2D eigenvalue weighted by molar-refractivity contribution is 7.99. The Kier molecular flexibility index (Phi) is 3.99. The third-order valence-corrected chi connectivity index (χ3v) is 2.95. The zero-order valence-electron chi connectivity index (χ0n) is 9.66. The van der Waals surface area contributed by atoms with Crippen LogP contribution in [0.2, 0.25) is 0 Å². The Labute approximate surface area is 103 Å². The predicted molar refractivity (Wildman–Crippen MR) is 62.3 cm³/mol. The molecular formula is C9H13N7S. The molecule has 0 atom stereocenters. The summed E-state index contributed by atoms with van der Waals surface area (Å²) in [5, 5.41) is 15.7. The van der Waals surface area contributed by atoms with Crippen LogP contribution in [0, 0.1) is 0 Å². The minimum absolute atomic E-state index is 0.642. The molecule has 2 rings (SSSR count). The zero-order chi connectivity index (χ0) is 12.1. The first-order chi connectivity index (χ1) is 8.29. The minimum Gasteiger partial charge on any atom is -0.313 e. The van der Waals surface area contributed by atoms with Crippen molar-refractivity contribution in [1.29, 1.82) is 0 Å². The molecule has 8 heteroatoms. The van der Waals surface area contributed by atoms with Crippen LogP contribution in [-0.2, 0) is 13.6 Å². The highest BCUT2D eigenvalue weighted by Crippen LogP contribution is 2.19. The molecule has 17 heavy (non-hydrogen) atoms. The van der Waals surface area contributed by atoms with E-state index >= 15 is 0 Å². The van der Waals surface area contributed by atoms with E-state index in [0.717, 1.165) is 18.7 Å². The fourth-order valence-electron chi connectivity index (χ4n) is 1.15. The van der Waals surface area contributed by atoms with E-state index in [1.165, 1.54) is 11.8 Å². The maximum absolute atomic E-state index is 4.25. The first-order valence-corrected chi connectivity index (χ1v) is 6.03. The summed E-state index contributed by atoms with van der Waals surface area (Å²) in [5.41, 5.74) is 1.06. The van der Waals surface area contributed by atoms with Gasteiger partial charge in [0.1, 0.15) is 0 Å². The topological polar surface area (TPSA) is 81.4 Å². The van der Waals surface area contributed by atoms with Gasteiger partial charge >= 0.3 is 0 Å². The number of aryl methyl sites for hydroxylation is 1. The molecule has 0 aliphatic heterocycles. The van der Waals surface area contributed by atoms with E-state index in [9.17, 15) is 0 Å². The van der Waals surface area contributed by atoms with Gasteiger partial charge in [-0.2, -0.15) is 0 Å². The molecule has 0 radical (unpaired) electrons. The number of nitrogens with one attached hydrogen (secondary N) is 1. The van der Waals surface area contributed by atoms with Crippen molar-refractivity contribution < 1.29 is 0 Å². The van der Waals surface area contributed by atoms with Crippen molar-refractivity contribution in [3.8, 4) is 0 Å². The zero-order valence-corrected chi connectivity index (χ0v) is 10.5. The Balaban J connectivity index is 2.01. The second-order valence-corrected chi connectivity index (χ2v) is 4.28. The van der Waals surface area contributed by atoms with Crippen LogP contribution in [0.5, 0.6) is 0 Å². The van der Waals surface area contributed by atoms with Crippen LogP contribution in [0.25, 0.3) is 0 Å². The lowest BCUT2D eigenvalue weighted by Gasteiger charge is -2.02. The van der Waals surface area contributed by atoms with E-state index in [1.807, 2.05) is 12.4 Å². The summed E-state index contributed by atoms with van der Waals surface area (Å²) >= 11 is 1.34. The molecular weight excluding hydrogens is 238 g/mol. The normalized spacial score (nSPS) is 10.7. The highest BCUT2D eigenvalue weighted by Gasteiger charge is 2.06. The summed E-state index contributed by atoms with van der Waals surface area (Å²) in [4.78, 5) is 8.50. The van der Waals surface area contributed by atoms with Crippen molar-refractivity contribution in [3.63, 3.8) is 0 Å². The van der Waals surface area contributed by atoms with Crippen LogP contribution in [-0.4, -0.2) is 36.7 Å². The number of rotatable bonds is 5. The predicted octanol–water partition coefficient (Wildman–Crippen LogP) is 0.261. The van der Waals surface area contributed by atoms with Gasteiger partial charge in [0.2, 0.25) is 5.16 Å². The van der Waals surface area contributed by atoms with E-state index in [4.69, 9.17) is 0 Å². The Bertz CT molecular complexity index is 466. The largest absolute Gasteiger partial charge is 0.313 e. The molecule has 0 aliphatic carbocycles. The average molecular weight is 251 g/mol. The number of hydrogen-bond donors (Lipinski definition) is 1. The lowest BCUT2D eigenvalue weighted by molar-refractivity contribution is 0.663. The van der Waals surface area contributed by atoms with Gasteiger partial charge in [0.15, 0.2) is 5.16 Å². The quantitative estimate of drug-likeness (QED) is 0.763. The molecule has 1 N–H and O–H groups in total. The van der Waals surface area contributed by atoms with Gasteiger partial charge in [-0.3, -0.25) is 0 Å². The van der Waals surface area contributed by atoms with Crippen LogP contribution in [0.4, 0.5) is 0 Å². The van der Waals surface area contributed by atoms with Crippen LogP contribution in [0.15, 0.2) is 22.7 Å². The third-order valence-electron chi connectivity index (χ3n) is 2.02. The average Bonchev–Trinajstić information content (AvgIpc) is 2.74.